The van der Waals surface area contributed by atoms with E-state index < -0.39 is 18.1 Å². The molecule has 1 aromatic carbocycles. The van der Waals surface area contributed by atoms with Crippen molar-refractivity contribution in [3.63, 3.8) is 0 Å². The predicted molar refractivity (Wildman–Crippen MR) is 73.7 cm³/mol. The second-order valence-electron chi connectivity index (χ2n) is 5.43. The van der Waals surface area contributed by atoms with E-state index in [0.717, 1.165) is 12.8 Å². The molecule has 6 heteroatoms. The zero-order valence-electron chi connectivity index (χ0n) is 11.6. The first-order valence-electron chi connectivity index (χ1n) is 7.06. The molecule has 0 radical (unpaired) electrons. The van der Waals surface area contributed by atoms with Crippen LogP contribution in [0.25, 0.3) is 0 Å². The van der Waals surface area contributed by atoms with E-state index in [-0.39, 0.29) is 13.0 Å². The van der Waals surface area contributed by atoms with Gasteiger partial charge in [0.2, 0.25) is 5.91 Å². The average Bonchev–Trinajstić information content (AvgIpc) is 3.22. The third-order valence-electron chi connectivity index (χ3n) is 3.43. The number of benzene rings is 1. The normalized spacial score (nSPS) is 16.5. The Balaban J connectivity index is 1.85. The highest BCUT2D eigenvalue weighted by Gasteiger charge is 2.40. The van der Waals surface area contributed by atoms with E-state index >= 15 is 0 Å². The van der Waals surface area contributed by atoms with Crippen molar-refractivity contribution in [2.24, 2.45) is 5.92 Å². The van der Waals surface area contributed by atoms with Crippen molar-refractivity contribution in [2.45, 2.75) is 31.5 Å². The van der Waals surface area contributed by atoms with E-state index in [1.807, 2.05) is 0 Å². The van der Waals surface area contributed by atoms with Gasteiger partial charge in [-0.2, -0.15) is 13.2 Å². The lowest BCUT2D eigenvalue weighted by molar-refractivity contribution is -0.161. The molecule has 0 spiro atoms. The maximum Gasteiger partial charge on any atom is 0.408 e. The smallest absolute Gasteiger partial charge is 0.343 e. The number of nitrogens with one attached hydrogen (secondary N) is 2. The molecule has 0 aromatic heterocycles. The molecule has 1 aliphatic carbocycles. The Hall–Kier alpha value is -1.56. The summed E-state index contributed by atoms with van der Waals surface area (Å²) in [6, 6.07) is 6.50. The van der Waals surface area contributed by atoms with E-state index in [1.54, 1.807) is 30.3 Å². The number of alkyl halides is 3. The SMILES string of the molecule is O=C(CNCC1CC1)NC(Cc1ccccc1)C(F)(F)F. The summed E-state index contributed by atoms with van der Waals surface area (Å²) in [4.78, 5) is 11.6. The summed E-state index contributed by atoms with van der Waals surface area (Å²) < 4.78 is 39.0. The highest BCUT2D eigenvalue weighted by molar-refractivity contribution is 5.78. The Morgan fingerprint density at radius 3 is 2.48 bits per heavy atom. The molecule has 0 saturated heterocycles. The van der Waals surface area contributed by atoms with Crippen molar-refractivity contribution in [3.05, 3.63) is 35.9 Å². The molecule has 1 aliphatic rings. The fourth-order valence-corrected chi connectivity index (χ4v) is 2.06. The molecule has 3 nitrogen and oxygen atoms in total. The summed E-state index contributed by atoms with van der Waals surface area (Å²) in [6.07, 6.45) is -2.44. The fraction of sp³-hybridized carbons (Fsp3) is 0.533. The molecule has 0 bridgehead atoms. The molecule has 21 heavy (non-hydrogen) atoms. The van der Waals surface area contributed by atoms with E-state index in [2.05, 4.69) is 10.6 Å². The molecular formula is C15H19F3N2O. The maximum absolute atomic E-state index is 13.0. The summed E-state index contributed by atoms with van der Waals surface area (Å²) in [5, 5.41) is 4.96. The van der Waals surface area contributed by atoms with Gasteiger partial charge in [0.1, 0.15) is 6.04 Å². The van der Waals surface area contributed by atoms with Crippen LogP contribution in [0.4, 0.5) is 13.2 Å². The summed E-state index contributed by atoms with van der Waals surface area (Å²) >= 11 is 0. The van der Waals surface area contributed by atoms with Gasteiger partial charge in [-0.1, -0.05) is 30.3 Å². The largest absolute Gasteiger partial charge is 0.408 e. The van der Waals surface area contributed by atoms with Crippen molar-refractivity contribution in [2.75, 3.05) is 13.1 Å². The molecule has 1 amide bonds. The van der Waals surface area contributed by atoms with Gasteiger partial charge in [0.05, 0.1) is 6.54 Å². The zero-order valence-corrected chi connectivity index (χ0v) is 11.6. The lowest BCUT2D eigenvalue weighted by Crippen LogP contribution is -2.49. The van der Waals surface area contributed by atoms with E-state index in [0.29, 0.717) is 18.0 Å². The Labute approximate surface area is 121 Å². The van der Waals surface area contributed by atoms with Crippen LogP contribution in [0.15, 0.2) is 30.3 Å². The van der Waals surface area contributed by atoms with Crippen molar-refractivity contribution in [3.8, 4) is 0 Å². The summed E-state index contributed by atoms with van der Waals surface area (Å²) in [6.45, 7) is 0.626. The third kappa shape index (κ3) is 5.75. The molecule has 116 valence electrons. The average molecular weight is 300 g/mol. The van der Waals surface area contributed by atoms with Gasteiger partial charge < -0.3 is 10.6 Å². The first-order valence-corrected chi connectivity index (χ1v) is 7.06. The van der Waals surface area contributed by atoms with Gasteiger partial charge in [0, 0.05) is 6.42 Å². The third-order valence-corrected chi connectivity index (χ3v) is 3.43. The Morgan fingerprint density at radius 2 is 1.90 bits per heavy atom. The van der Waals surface area contributed by atoms with Crippen molar-refractivity contribution in [1.29, 1.82) is 0 Å². The number of carbonyl (C=O) groups excluding carboxylic acids is 1. The van der Waals surface area contributed by atoms with Gasteiger partial charge >= 0.3 is 6.18 Å². The standard InChI is InChI=1S/C15H19F3N2O/c16-15(17,18)13(8-11-4-2-1-3-5-11)20-14(21)10-19-9-12-6-7-12/h1-5,12-13,19H,6-10H2,(H,20,21). The van der Waals surface area contributed by atoms with E-state index in [4.69, 9.17) is 0 Å². The van der Waals surface area contributed by atoms with E-state index in [9.17, 15) is 18.0 Å². The predicted octanol–water partition coefficient (Wildman–Crippen LogP) is 2.28. The van der Waals surface area contributed by atoms with Crippen LogP contribution in [0.5, 0.6) is 0 Å². The number of amides is 1. The molecule has 1 atom stereocenters. The van der Waals surface area contributed by atoms with Crippen LogP contribution < -0.4 is 10.6 Å². The van der Waals surface area contributed by atoms with Crippen molar-refractivity contribution >= 4 is 5.91 Å². The number of carbonyl (C=O) groups is 1. The van der Waals surface area contributed by atoms with Crippen molar-refractivity contribution < 1.29 is 18.0 Å². The summed E-state index contributed by atoms with van der Waals surface area (Å²) in [5.41, 5.74) is 0.547. The van der Waals surface area contributed by atoms with Gasteiger partial charge in [-0.25, -0.2) is 0 Å². The zero-order chi connectivity index (χ0) is 15.3. The Morgan fingerprint density at radius 1 is 1.24 bits per heavy atom. The monoisotopic (exact) mass is 300 g/mol. The topological polar surface area (TPSA) is 41.1 Å². The number of rotatable bonds is 7. The number of hydrogen-bond acceptors (Lipinski definition) is 2. The molecule has 1 aromatic rings. The van der Waals surface area contributed by atoms with Gasteiger partial charge in [-0.15, -0.1) is 0 Å². The van der Waals surface area contributed by atoms with Gasteiger partial charge in [0.15, 0.2) is 0 Å². The first kappa shape index (κ1) is 15.8. The molecule has 1 saturated carbocycles. The second kappa shape index (κ2) is 6.93. The minimum atomic E-state index is -4.46. The molecule has 2 N–H and O–H groups in total. The highest BCUT2D eigenvalue weighted by atomic mass is 19.4. The van der Waals surface area contributed by atoms with Gasteiger partial charge in [-0.05, 0) is 30.9 Å². The van der Waals surface area contributed by atoms with Crippen LogP contribution in [0, 0.1) is 5.92 Å². The summed E-state index contributed by atoms with van der Waals surface area (Å²) in [7, 11) is 0. The van der Waals surface area contributed by atoms with Gasteiger partial charge in [0.25, 0.3) is 0 Å². The quantitative estimate of drug-likeness (QED) is 0.811. The molecule has 1 unspecified atom stereocenters. The molecule has 0 heterocycles. The van der Waals surface area contributed by atoms with Gasteiger partial charge in [-0.3, -0.25) is 4.79 Å². The second-order valence-corrected chi connectivity index (χ2v) is 5.43. The Kier molecular flexibility index (Phi) is 5.22. The lowest BCUT2D eigenvalue weighted by Gasteiger charge is -2.22. The van der Waals surface area contributed by atoms with Crippen molar-refractivity contribution in [1.82, 2.24) is 10.6 Å². The van der Waals surface area contributed by atoms with Crippen LogP contribution in [0.2, 0.25) is 0 Å². The maximum atomic E-state index is 13.0. The minimum Gasteiger partial charge on any atom is -0.343 e. The Bertz CT molecular complexity index is 458. The van der Waals surface area contributed by atoms with E-state index in [1.165, 1.54) is 0 Å². The number of halogens is 3. The minimum absolute atomic E-state index is 0.0716. The highest BCUT2D eigenvalue weighted by Crippen LogP contribution is 2.27. The fourth-order valence-electron chi connectivity index (χ4n) is 2.06. The van der Waals surface area contributed by atoms with Crippen LogP contribution >= 0.6 is 0 Å². The number of hydrogen-bond donors (Lipinski definition) is 2. The molecule has 2 rings (SSSR count). The van der Waals surface area contributed by atoms with Crippen LogP contribution in [0.3, 0.4) is 0 Å². The lowest BCUT2D eigenvalue weighted by atomic mass is 10.1. The molecular weight excluding hydrogens is 281 g/mol. The summed E-state index contributed by atoms with van der Waals surface area (Å²) in [5.74, 6) is -0.0329. The first-order chi connectivity index (χ1) is 9.95. The molecule has 0 aliphatic heterocycles. The van der Waals surface area contributed by atoms with Crippen LogP contribution in [-0.2, 0) is 11.2 Å². The van der Waals surface area contributed by atoms with Crippen LogP contribution in [-0.4, -0.2) is 31.2 Å². The molecule has 1 fully saturated rings. The van der Waals surface area contributed by atoms with Crippen LogP contribution in [0.1, 0.15) is 18.4 Å².